The molecule has 1 aromatic carbocycles. The average molecular weight is 378 g/mol. The number of fused-ring (bicyclic) bond motifs is 1. The quantitative estimate of drug-likeness (QED) is 0.689. The van der Waals surface area contributed by atoms with Crippen molar-refractivity contribution in [1.29, 1.82) is 0 Å². The van der Waals surface area contributed by atoms with Crippen molar-refractivity contribution in [2.45, 2.75) is 46.5 Å². The van der Waals surface area contributed by atoms with Gasteiger partial charge < -0.3 is 9.42 Å². The molecule has 1 amide bonds. The Balaban J connectivity index is 1.51. The Morgan fingerprint density at radius 3 is 2.64 bits per heavy atom. The summed E-state index contributed by atoms with van der Waals surface area (Å²) in [5.74, 6) is 1.97. The second-order valence-corrected chi connectivity index (χ2v) is 7.69. The topological polar surface area (TPSA) is 72.1 Å². The maximum atomic E-state index is 13.3. The zero-order valence-electron chi connectivity index (χ0n) is 16.7. The molecule has 6 heteroatoms. The van der Waals surface area contributed by atoms with Crippen molar-refractivity contribution in [3.05, 3.63) is 52.8 Å². The first kappa shape index (κ1) is 18.6. The summed E-state index contributed by atoms with van der Waals surface area (Å²) in [6.07, 6.45) is 3.68. The lowest BCUT2D eigenvalue weighted by Crippen LogP contribution is -2.39. The number of likely N-dealkylation sites (tertiary alicyclic amines) is 1. The molecule has 0 unspecified atom stereocenters. The maximum absolute atomic E-state index is 13.3. The molecule has 0 spiro atoms. The first-order chi connectivity index (χ1) is 13.5. The molecule has 0 atom stereocenters. The summed E-state index contributed by atoms with van der Waals surface area (Å²) < 4.78 is 5.06. The molecule has 0 radical (unpaired) electrons. The Morgan fingerprint density at radius 1 is 1.18 bits per heavy atom. The number of aryl methyl sites for hydroxylation is 3. The number of carbonyl (C=O) groups excluding carboxylic acids is 1. The minimum absolute atomic E-state index is 0.109. The van der Waals surface area contributed by atoms with Crippen molar-refractivity contribution in [1.82, 2.24) is 20.0 Å². The third-order valence-electron chi connectivity index (χ3n) is 5.58. The smallest absolute Gasteiger partial charge is 0.254 e. The van der Waals surface area contributed by atoms with Gasteiger partial charge in [-0.25, -0.2) is 0 Å². The van der Waals surface area contributed by atoms with E-state index in [1.165, 1.54) is 5.56 Å². The van der Waals surface area contributed by atoms with Gasteiger partial charge in [-0.1, -0.05) is 18.1 Å². The lowest BCUT2D eigenvalue weighted by molar-refractivity contribution is 0.0691. The molecule has 28 heavy (non-hydrogen) atoms. The zero-order chi connectivity index (χ0) is 19.7. The summed E-state index contributed by atoms with van der Waals surface area (Å²) in [4.78, 5) is 24.2. The highest BCUT2D eigenvalue weighted by molar-refractivity contribution is 6.06. The van der Waals surface area contributed by atoms with Crippen LogP contribution in [0, 0.1) is 19.8 Å². The van der Waals surface area contributed by atoms with Gasteiger partial charge in [-0.05, 0) is 55.9 Å². The van der Waals surface area contributed by atoms with Gasteiger partial charge in [0.25, 0.3) is 5.91 Å². The molecule has 3 heterocycles. The summed E-state index contributed by atoms with van der Waals surface area (Å²) in [6, 6.07) is 8.16. The van der Waals surface area contributed by atoms with E-state index in [4.69, 9.17) is 4.52 Å². The van der Waals surface area contributed by atoms with E-state index in [0.717, 1.165) is 66.8 Å². The summed E-state index contributed by atoms with van der Waals surface area (Å²) in [7, 11) is 0. The molecule has 1 fully saturated rings. The third-order valence-corrected chi connectivity index (χ3v) is 5.58. The van der Waals surface area contributed by atoms with E-state index in [-0.39, 0.29) is 5.91 Å². The van der Waals surface area contributed by atoms with E-state index in [9.17, 15) is 4.79 Å². The maximum Gasteiger partial charge on any atom is 0.254 e. The Hall–Kier alpha value is -2.76. The molecule has 0 bridgehead atoms. The number of amides is 1. The molecule has 1 saturated heterocycles. The number of rotatable bonds is 4. The number of piperidine rings is 1. The van der Waals surface area contributed by atoms with Gasteiger partial charge in [0.1, 0.15) is 0 Å². The van der Waals surface area contributed by atoms with Crippen LogP contribution in [0.15, 0.2) is 28.8 Å². The van der Waals surface area contributed by atoms with Gasteiger partial charge in [-0.3, -0.25) is 9.78 Å². The normalized spacial score (nSPS) is 15.3. The van der Waals surface area contributed by atoms with Gasteiger partial charge in [0, 0.05) is 37.5 Å². The van der Waals surface area contributed by atoms with Crippen LogP contribution in [0.4, 0.5) is 0 Å². The Bertz CT molecular complexity index is 1000. The standard InChI is InChI=1S/C22H26N4O2/c1-4-16-5-6-20-18(12-16)19(11-14(2)23-20)22(27)26-9-7-17(8-10-26)13-21-24-15(3)28-25-21/h5-6,11-12,17H,4,7-10,13H2,1-3H3. The number of hydrogen-bond acceptors (Lipinski definition) is 5. The second-order valence-electron chi connectivity index (χ2n) is 7.69. The van der Waals surface area contributed by atoms with Crippen LogP contribution < -0.4 is 0 Å². The molecule has 3 aromatic rings. The summed E-state index contributed by atoms with van der Waals surface area (Å²) >= 11 is 0. The fourth-order valence-electron chi connectivity index (χ4n) is 4.00. The van der Waals surface area contributed by atoms with Crippen LogP contribution >= 0.6 is 0 Å². The van der Waals surface area contributed by atoms with Crippen molar-refractivity contribution >= 4 is 16.8 Å². The first-order valence-corrected chi connectivity index (χ1v) is 10.0. The highest BCUT2D eigenvalue weighted by Crippen LogP contribution is 2.26. The van der Waals surface area contributed by atoms with E-state index in [2.05, 4.69) is 34.2 Å². The van der Waals surface area contributed by atoms with Crippen LogP contribution in [-0.2, 0) is 12.8 Å². The first-order valence-electron chi connectivity index (χ1n) is 10.0. The lowest BCUT2D eigenvalue weighted by atomic mass is 9.92. The molecule has 1 aliphatic heterocycles. The highest BCUT2D eigenvalue weighted by atomic mass is 16.5. The van der Waals surface area contributed by atoms with Gasteiger partial charge in [0.15, 0.2) is 5.82 Å². The average Bonchev–Trinajstić information content (AvgIpc) is 3.11. The summed E-state index contributed by atoms with van der Waals surface area (Å²) in [5.41, 5.74) is 3.76. The van der Waals surface area contributed by atoms with E-state index >= 15 is 0 Å². The highest BCUT2D eigenvalue weighted by Gasteiger charge is 2.26. The number of hydrogen-bond donors (Lipinski definition) is 0. The van der Waals surface area contributed by atoms with Crippen LogP contribution in [0.1, 0.15) is 53.1 Å². The van der Waals surface area contributed by atoms with Crippen LogP contribution in [0.25, 0.3) is 10.9 Å². The number of benzene rings is 1. The fraction of sp³-hybridized carbons (Fsp3) is 0.455. The van der Waals surface area contributed by atoms with Crippen LogP contribution in [0.5, 0.6) is 0 Å². The van der Waals surface area contributed by atoms with Crippen molar-refractivity contribution < 1.29 is 9.32 Å². The van der Waals surface area contributed by atoms with Gasteiger partial charge >= 0.3 is 0 Å². The van der Waals surface area contributed by atoms with Crippen molar-refractivity contribution in [2.24, 2.45) is 5.92 Å². The number of nitrogens with zero attached hydrogens (tertiary/aromatic N) is 4. The Kier molecular flexibility index (Phi) is 5.11. The van der Waals surface area contributed by atoms with Crippen LogP contribution in [0.3, 0.4) is 0 Å². The summed E-state index contributed by atoms with van der Waals surface area (Å²) in [5, 5.41) is 4.96. The van der Waals surface area contributed by atoms with Crippen molar-refractivity contribution in [3.63, 3.8) is 0 Å². The van der Waals surface area contributed by atoms with Gasteiger partial charge in [0.2, 0.25) is 5.89 Å². The molecule has 0 N–H and O–H groups in total. The SMILES string of the molecule is CCc1ccc2nc(C)cc(C(=O)N3CCC(Cc4noc(C)n4)CC3)c2c1. The van der Waals surface area contributed by atoms with E-state index in [0.29, 0.717) is 11.8 Å². The Labute approximate surface area is 165 Å². The van der Waals surface area contributed by atoms with E-state index in [1.54, 1.807) is 0 Å². The molecular formula is C22H26N4O2. The molecule has 6 nitrogen and oxygen atoms in total. The Morgan fingerprint density at radius 2 is 1.96 bits per heavy atom. The van der Waals surface area contributed by atoms with Crippen LogP contribution in [0.2, 0.25) is 0 Å². The monoisotopic (exact) mass is 378 g/mol. The second kappa shape index (κ2) is 7.70. The third kappa shape index (κ3) is 3.77. The van der Waals surface area contributed by atoms with Crippen LogP contribution in [-0.4, -0.2) is 39.0 Å². The predicted molar refractivity (Wildman–Crippen MR) is 107 cm³/mol. The minimum Gasteiger partial charge on any atom is -0.340 e. The van der Waals surface area contributed by atoms with Gasteiger partial charge in [-0.2, -0.15) is 4.98 Å². The number of aromatic nitrogens is 3. The van der Waals surface area contributed by atoms with Gasteiger partial charge in [0.05, 0.1) is 11.1 Å². The van der Waals surface area contributed by atoms with Crippen molar-refractivity contribution in [3.8, 4) is 0 Å². The molecule has 0 aliphatic carbocycles. The van der Waals surface area contributed by atoms with Crippen molar-refractivity contribution in [2.75, 3.05) is 13.1 Å². The molecule has 2 aromatic heterocycles. The largest absolute Gasteiger partial charge is 0.340 e. The van der Waals surface area contributed by atoms with Gasteiger partial charge in [-0.15, -0.1) is 0 Å². The predicted octanol–water partition coefficient (Wildman–Crippen LogP) is 3.89. The summed E-state index contributed by atoms with van der Waals surface area (Å²) in [6.45, 7) is 7.40. The fourth-order valence-corrected chi connectivity index (χ4v) is 4.00. The molecular weight excluding hydrogens is 352 g/mol. The molecule has 4 rings (SSSR count). The number of pyridine rings is 1. The lowest BCUT2D eigenvalue weighted by Gasteiger charge is -2.32. The number of carbonyl (C=O) groups is 1. The molecule has 1 aliphatic rings. The van der Waals surface area contributed by atoms with E-state index in [1.807, 2.05) is 30.9 Å². The minimum atomic E-state index is 0.109. The van der Waals surface area contributed by atoms with E-state index < -0.39 is 0 Å². The zero-order valence-corrected chi connectivity index (χ0v) is 16.7. The molecule has 0 saturated carbocycles. The molecule has 146 valence electrons.